The molecule has 2 rings (SSSR count). The van der Waals surface area contributed by atoms with E-state index in [0.717, 1.165) is 26.7 Å². The molecule has 0 radical (unpaired) electrons. The normalized spacial score (nSPS) is 10.7. The summed E-state index contributed by atoms with van der Waals surface area (Å²) in [6.45, 7) is 6.58. The molecule has 0 saturated heterocycles. The van der Waals surface area contributed by atoms with Gasteiger partial charge < -0.3 is 5.73 Å². The van der Waals surface area contributed by atoms with Gasteiger partial charge in [0.25, 0.3) is 0 Å². The average Bonchev–Trinajstić information content (AvgIpc) is 2.37. The second-order valence-corrected chi connectivity index (χ2v) is 5.38. The molecule has 3 nitrogen and oxygen atoms in total. The number of hydrogen-bond donors (Lipinski definition) is 1. The van der Waals surface area contributed by atoms with Crippen LogP contribution in [0.3, 0.4) is 0 Å². The molecule has 2 aromatic rings. The van der Waals surface area contributed by atoms with E-state index in [1.165, 1.54) is 5.56 Å². The number of nitrogens with two attached hydrogens (primary N) is 1. The molecule has 94 valence electrons. The van der Waals surface area contributed by atoms with Crippen LogP contribution in [-0.4, -0.2) is 10.2 Å². The Balaban J connectivity index is 2.34. The first-order valence-electron chi connectivity index (χ1n) is 5.89. The Kier molecular flexibility index (Phi) is 3.99. The molecule has 4 heteroatoms. The van der Waals surface area contributed by atoms with Crippen molar-refractivity contribution in [1.82, 2.24) is 10.2 Å². The van der Waals surface area contributed by atoms with Crippen molar-refractivity contribution in [2.75, 3.05) is 0 Å². The van der Waals surface area contributed by atoms with Crippen molar-refractivity contribution >= 4 is 11.8 Å². The fourth-order valence-electron chi connectivity index (χ4n) is 1.67. The SMILES string of the molecule is Cc1ccc(Sc2nnc(C)c(C)c2CN)cc1. The minimum absolute atomic E-state index is 0.496. The Hall–Kier alpha value is -1.39. The van der Waals surface area contributed by atoms with E-state index in [0.29, 0.717) is 6.54 Å². The van der Waals surface area contributed by atoms with Gasteiger partial charge in [0, 0.05) is 17.0 Å². The fourth-order valence-corrected chi connectivity index (χ4v) is 2.61. The summed E-state index contributed by atoms with van der Waals surface area (Å²) in [5.74, 6) is 0. The Bertz CT molecular complexity index is 550. The van der Waals surface area contributed by atoms with E-state index in [2.05, 4.69) is 41.4 Å². The van der Waals surface area contributed by atoms with Crippen molar-refractivity contribution in [2.24, 2.45) is 5.73 Å². The summed E-state index contributed by atoms with van der Waals surface area (Å²) in [7, 11) is 0. The zero-order chi connectivity index (χ0) is 13.1. The van der Waals surface area contributed by atoms with Gasteiger partial charge in [-0.1, -0.05) is 29.5 Å². The summed E-state index contributed by atoms with van der Waals surface area (Å²) in [6.07, 6.45) is 0. The third kappa shape index (κ3) is 2.71. The lowest BCUT2D eigenvalue weighted by Gasteiger charge is -2.10. The molecule has 0 aliphatic heterocycles. The lowest BCUT2D eigenvalue weighted by Crippen LogP contribution is -2.06. The van der Waals surface area contributed by atoms with Gasteiger partial charge in [0.15, 0.2) is 0 Å². The van der Waals surface area contributed by atoms with Gasteiger partial charge >= 0.3 is 0 Å². The van der Waals surface area contributed by atoms with Gasteiger partial charge in [-0.05, 0) is 38.5 Å². The lowest BCUT2D eigenvalue weighted by atomic mass is 10.1. The summed E-state index contributed by atoms with van der Waals surface area (Å²) >= 11 is 1.62. The molecule has 0 amide bonds. The summed E-state index contributed by atoms with van der Waals surface area (Å²) in [5.41, 5.74) is 10.3. The van der Waals surface area contributed by atoms with Gasteiger partial charge in [-0.2, -0.15) is 5.10 Å². The topological polar surface area (TPSA) is 51.8 Å². The first-order valence-corrected chi connectivity index (χ1v) is 6.71. The van der Waals surface area contributed by atoms with E-state index in [1.807, 2.05) is 13.8 Å². The van der Waals surface area contributed by atoms with Crippen LogP contribution in [0.5, 0.6) is 0 Å². The maximum absolute atomic E-state index is 5.82. The van der Waals surface area contributed by atoms with Crippen molar-refractivity contribution in [3.8, 4) is 0 Å². The number of aryl methyl sites for hydroxylation is 2. The lowest BCUT2D eigenvalue weighted by molar-refractivity contribution is 0.825. The third-order valence-corrected chi connectivity index (χ3v) is 4.01. The van der Waals surface area contributed by atoms with Crippen LogP contribution < -0.4 is 5.73 Å². The molecule has 0 aliphatic rings. The van der Waals surface area contributed by atoms with Gasteiger partial charge in [0.1, 0.15) is 5.03 Å². The zero-order valence-corrected chi connectivity index (χ0v) is 11.7. The highest BCUT2D eigenvalue weighted by Gasteiger charge is 2.10. The number of aromatic nitrogens is 2. The standard InChI is InChI=1S/C14H17N3S/c1-9-4-6-12(7-5-9)18-14-13(8-15)10(2)11(3)16-17-14/h4-7H,8,15H2,1-3H3. The predicted molar refractivity (Wildman–Crippen MR) is 74.7 cm³/mol. The van der Waals surface area contributed by atoms with Crippen LogP contribution in [-0.2, 0) is 6.54 Å². The molecule has 0 saturated carbocycles. The molecule has 0 spiro atoms. The number of benzene rings is 1. The van der Waals surface area contributed by atoms with Crippen LogP contribution in [0.4, 0.5) is 0 Å². The summed E-state index contributed by atoms with van der Waals surface area (Å²) < 4.78 is 0. The highest BCUT2D eigenvalue weighted by Crippen LogP contribution is 2.30. The summed E-state index contributed by atoms with van der Waals surface area (Å²) in [4.78, 5) is 1.16. The van der Waals surface area contributed by atoms with E-state index in [1.54, 1.807) is 11.8 Å². The Morgan fingerprint density at radius 2 is 1.72 bits per heavy atom. The zero-order valence-electron chi connectivity index (χ0n) is 10.9. The van der Waals surface area contributed by atoms with Crippen LogP contribution in [0.15, 0.2) is 34.2 Å². The molecule has 1 aromatic heterocycles. The number of hydrogen-bond acceptors (Lipinski definition) is 4. The van der Waals surface area contributed by atoms with Gasteiger partial charge in [0.2, 0.25) is 0 Å². The first-order chi connectivity index (χ1) is 8.61. The molecule has 0 unspecified atom stereocenters. The van der Waals surface area contributed by atoms with Crippen LogP contribution >= 0.6 is 11.8 Å². The van der Waals surface area contributed by atoms with Gasteiger partial charge in [-0.3, -0.25) is 0 Å². The second kappa shape index (κ2) is 5.50. The van der Waals surface area contributed by atoms with Gasteiger partial charge in [-0.15, -0.1) is 5.10 Å². The van der Waals surface area contributed by atoms with E-state index in [9.17, 15) is 0 Å². The predicted octanol–water partition coefficient (Wildman–Crippen LogP) is 3.01. The second-order valence-electron chi connectivity index (χ2n) is 4.31. The third-order valence-electron chi connectivity index (χ3n) is 2.98. The van der Waals surface area contributed by atoms with Crippen LogP contribution in [0, 0.1) is 20.8 Å². The molecule has 18 heavy (non-hydrogen) atoms. The minimum atomic E-state index is 0.496. The maximum Gasteiger partial charge on any atom is 0.128 e. The summed E-state index contributed by atoms with van der Waals surface area (Å²) in [6, 6.07) is 8.38. The molecule has 0 fully saturated rings. The van der Waals surface area contributed by atoms with Crippen molar-refractivity contribution in [3.05, 3.63) is 46.6 Å². The fraction of sp³-hybridized carbons (Fsp3) is 0.286. The molecular formula is C14H17N3S. The molecular weight excluding hydrogens is 242 g/mol. The highest BCUT2D eigenvalue weighted by molar-refractivity contribution is 7.99. The Morgan fingerprint density at radius 3 is 2.33 bits per heavy atom. The van der Waals surface area contributed by atoms with Crippen molar-refractivity contribution < 1.29 is 0 Å². The Morgan fingerprint density at radius 1 is 1.06 bits per heavy atom. The molecule has 0 bridgehead atoms. The van der Waals surface area contributed by atoms with Crippen molar-refractivity contribution in [2.45, 2.75) is 37.2 Å². The van der Waals surface area contributed by atoms with E-state index in [4.69, 9.17) is 5.73 Å². The molecule has 2 N–H and O–H groups in total. The van der Waals surface area contributed by atoms with Crippen molar-refractivity contribution in [3.63, 3.8) is 0 Å². The van der Waals surface area contributed by atoms with E-state index < -0.39 is 0 Å². The van der Waals surface area contributed by atoms with E-state index in [-0.39, 0.29) is 0 Å². The first kappa shape index (κ1) is 13.1. The van der Waals surface area contributed by atoms with Crippen LogP contribution in [0.1, 0.15) is 22.4 Å². The molecule has 0 aliphatic carbocycles. The van der Waals surface area contributed by atoms with Gasteiger partial charge in [0.05, 0.1) is 5.69 Å². The summed E-state index contributed by atoms with van der Waals surface area (Å²) in [5, 5.41) is 9.34. The monoisotopic (exact) mass is 259 g/mol. The number of rotatable bonds is 3. The smallest absolute Gasteiger partial charge is 0.128 e. The van der Waals surface area contributed by atoms with Gasteiger partial charge in [-0.25, -0.2) is 0 Å². The quantitative estimate of drug-likeness (QED) is 0.920. The minimum Gasteiger partial charge on any atom is -0.326 e. The average molecular weight is 259 g/mol. The maximum atomic E-state index is 5.82. The molecule has 1 aromatic carbocycles. The van der Waals surface area contributed by atoms with E-state index >= 15 is 0 Å². The molecule has 0 atom stereocenters. The largest absolute Gasteiger partial charge is 0.326 e. The Labute approximate surface area is 112 Å². The number of nitrogens with zero attached hydrogens (tertiary/aromatic N) is 2. The highest BCUT2D eigenvalue weighted by atomic mass is 32.2. The van der Waals surface area contributed by atoms with Crippen LogP contribution in [0.25, 0.3) is 0 Å². The van der Waals surface area contributed by atoms with Crippen molar-refractivity contribution in [1.29, 1.82) is 0 Å². The molecule has 1 heterocycles. The van der Waals surface area contributed by atoms with Crippen LogP contribution in [0.2, 0.25) is 0 Å².